The Kier molecular flexibility index (Phi) is 6.24. The number of hydrogen-bond donors (Lipinski definition) is 0. The molecule has 8 nitrogen and oxygen atoms in total. The van der Waals surface area contributed by atoms with Crippen LogP contribution in [0.2, 0.25) is 0 Å². The Labute approximate surface area is 184 Å². The summed E-state index contributed by atoms with van der Waals surface area (Å²) in [5.74, 6) is 1.79. The van der Waals surface area contributed by atoms with Crippen LogP contribution in [-0.4, -0.2) is 64.4 Å². The smallest absolute Gasteiger partial charge is 0.213 e. The summed E-state index contributed by atoms with van der Waals surface area (Å²) < 4.78 is 28.3. The van der Waals surface area contributed by atoms with E-state index in [2.05, 4.69) is 11.8 Å². The van der Waals surface area contributed by atoms with Crippen molar-refractivity contribution in [3.8, 4) is 5.69 Å². The highest BCUT2D eigenvalue weighted by molar-refractivity contribution is 7.89. The molecule has 1 saturated heterocycles. The van der Waals surface area contributed by atoms with Gasteiger partial charge in [-0.05, 0) is 38.8 Å². The minimum absolute atomic E-state index is 0.133. The quantitative estimate of drug-likeness (QED) is 0.584. The Balaban J connectivity index is 1.79. The molecule has 2 aromatic heterocycles. The lowest BCUT2D eigenvalue weighted by molar-refractivity contribution is 0.434. The van der Waals surface area contributed by atoms with Crippen molar-refractivity contribution in [2.45, 2.75) is 40.0 Å². The molecule has 0 amide bonds. The molecule has 0 unspecified atom stereocenters. The maximum absolute atomic E-state index is 12.4. The van der Waals surface area contributed by atoms with Gasteiger partial charge in [-0.3, -0.25) is 0 Å². The van der Waals surface area contributed by atoms with E-state index in [1.54, 1.807) is 11.2 Å². The van der Waals surface area contributed by atoms with E-state index in [-0.39, 0.29) is 5.75 Å². The van der Waals surface area contributed by atoms with Crippen molar-refractivity contribution >= 4 is 26.9 Å². The molecule has 0 aliphatic carbocycles. The molecule has 0 bridgehead atoms. The molecule has 1 aliphatic heterocycles. The highest BCUT2D eigenvalue weighted by Crippen LogP contribution is 2.30. The maximum Gasteiger partial charge on any atom is 0.213 e. The summed E-state index contributed by atoms with van der Waals surface area (Å²) in [6.07, 6.45) is 2.50. The first kappa shape index (κ1) is 21.7. The largest absolute Gasteiger partial charge is 0.355 e. The predicted octanol–water partition coefficient (Wildman–Crippen LogP) is 2.94. The lowest BCUT2D eigenvalue weighted by atomic mass is 10.2. The van der Waals surface area contributed by atoms with Crippen LogP contribution in [0, 0.1) is 6.92 Å². The molecule has 1 aliphatic rings. The van der Waals surface area contributed by atoms with Gasteiger partial charge in [-0.2, -0.15) is 5.10 Å². The van der Waals surface area contributed by atoms with Gasteiger partial charge in [0, 0.05) is 32.6 Å². The number of anilines is 1. The van der Waals surface area contributed by atoms with Crippen LogP contribution in [0.1, 0.15) is 38.2 Å². The van der Waals surface area contributed by atoms with Gasteiger partial charge in [0.15, 0.2) is 5.65 Å². The first-order valence-corrected chi connectivity index (χ1v) is 12.6. The summed E-state index contributed by atoms with van der Waals surface area (Å²) in [7, 11) is -3.19. The fraction of sp³-hybridized carbons (Fsp3) is 0.500. The molecular weight excluding hydrogens is 412 g/mol. The lowest BCUT2D eigenvalue weighted by Gasteiger charge is -2.23. The predicted molar refractivity (Wildman–Crippen MR) is 123 cm³/mol. The molecule has 0 spiro atoms. The number of rotatable bonds is 6. The second-order valence-corrected chi connectivity index (χ2v) is 10.1. The van der Waals surface area contributed by atoms with E-state index >= 15 is 0 Å². The van der Waals surface area contributed by atoms with Gasteiger partial charge in [-0.15, -0.1) is 0 Å². The third-order valence-corrected chi connectivity index (χ3v) is 7.60. The summed E-state index contributed by atoms with van der Waals surface area (Å²) >= 11 is 0. The molecule has 4 rings (SSSR count). The molecule has 0 radical (unpaired) electrons. The van der Waals surface area contributed by atoms with Crippen LogP contribution in [0.25, 0.3) is 16.7 Å². The van der Waals surface area contributed by atoms with E-state index in [1.807, 2.05) is 41.9 Å². The number of hydrogen-bond acceptors (Lipinski definition) is 6. The van der Waals surface area contributed by atoms with Gasteiger partial charge in [-0.25, -0.2) is 27.4 Å². The van der Waals surface area contributed by atoms with Crippen molar-refractivity contribution in [2.75, 3.05) is 36.8 Å². The van der Waals surface area contributed by atoms with Gasteiger partial charge < -0.3 is 4.90 Å². The monoisotopic (exact) mass is 442 g/mol. The molecular formula is C22H30N6O2S. The summed E-state index contributed by atoms with van der Waals surface area (Å²) in [6, 6.07) is 10.0. The fourth-order valence-corrected chi connectivity index (χ4v) is 5.22. The Morgan fingerprint density at radius 1 is 1.00 bits per heavy atom. The average molecular weight is 443 g/mol. The Morgan fingerprint density at radius 2 is 1.77 bits per heavy atom. The zero-order chi connectivity index (χ0) is 22.0. The molecule has 3 heterocycles. The van der Waals surface area contributed by atoms with E-state index in [0.717, 1.165) is 59.9 Å². The SMILES string of the molecule is CCCc1nc(N2CCCN(S(=O)(=O)CC)CC2)c2c(C)nn(-c3ccccc3)c2n1. The van der Waals surface area contributed by atoms with E-state index in [1.165, 1.54) is 0 Å². The number of fused-ring (bicyclic) bond motifs is 1. The van der Waals surface area contributed by atoms with Gasteiger partial charge in [0.25, 0.3) is 0 Å². The first-order chi connectivity index (χ1) is 14.9. The van der Waals surface area contributed by atoms with Crippen LogP contribution in [0.3, 0.4) is 0 Å². The number of aromatic nitrogens is 4. The molecule has 0 atom stereocenters. The minimum Gasteiger partial charge on any atom is -0.355 e. The van der Waals surface area contributed by atoms with Crippen molar-refractivity contribution in [1.29, 1.82) is 0 Å². The van der Waals surface area contributed by atoms with Crippen LogP contribution < -0.4 is 4.90 Å². The van der Waals surface area contributed by atoms with E-state index in [9.17, 15) is 8.42 Å². The summed E-state index contributed by atoms with van der Waals surface area (Å²) in [5, 5.41) is 5.73. The van der Waals surface area contributed by atoms with Crippen molar-refractivity contribution in [3.63, 3.8) is 0 Å². The van der Waals surface area contributed by atoms with E-state index in [0.29, 0.717) is 19.6 Å². The third kappa shape index (κ3) is 4.29. The van der Waals surface area contributed by atoms with E-state index in [4.69, 9.17) is 15.1 Å². The third-order valence-electron chi connectivity index (χ3n) is 5.72. The zero-order valence-electron chi connectivity index (χ0n) is 18.5. The van der Waals surface area contributed by atoms with Gasteiger partial charge in [0.05, 0.1) is 22.5 Å². The average Bonchev–Trinajstić information content (AvgIpc) is 2.94. The molecule has 1 aromatic carbocycles. The molecule has 31 heavy (non-hydrogen) atoms. The topological polar surface area (TPSA) is 84.2 Å². The van der Waals surface area contributed by atoms with Crippen LogP contribution in [-0.2, 0) is 16.4 Å². The van der Waals surface area contributed by atoms with Gasteiger partial charge in [0.2, 0.25) is 10.0 Å². The Hall–Kier alpha value is -2.52. The van der Waals surface area contributed by atoms with Gasteiger partial charge in [-0.1, -0.05) is 25.1 Å². The van der Waals surface area contributed by atoms with Crippen molar-refractivity contribution < 1.29 is 8.42 Å². The Morgan fingerprint density at radius 3 is 2.48 bits per heavy atom. The molecule has 0 N–H and O–H groups in total. The van der Waals surface area contributed by atoms with Crippen LogP contribution in [0.15, 0.2) is 30.3 Å². The zero-order valence-corrected chi connectivity index (χ0v) is 19.3. The molecule has 166 valence electrons. The lowest BCUT2D eigenvalue weighted by Crippen LogP contribution is -2.36. The second kappa shape index (κ2) is 8.92. The molecule has 0 saturated carbocycles. The maximum atomic E-state index is 12.4. The van der Waals surface area contributed by atoms with Crippen LogP contribution in [0.5, 0.6) is 0 Å². The summed E-state index contributed by atoms with van der Waals surface area (Å²) in [6.45, 7) is 8.17. The van der Waals surface area contributed by atoms with Crippen LogP contribution >= 0.6 is 0 Å². The normalized spacial score (nSPS) is 16.0. The van der Waals surface area contributed by atoms with Crippen molar-refractivity contribution in [1.82, 2.24) is 24.1 Å². The van der Waals surface area contributed by atoms with Gasteiger partial charge in [0.1, 0.15) is 11.6 Å². The number of aryl methyl sites for hydroxylation is 2. The minimum atomic E-state index is -3.19. The fourth-order valence-electron chi connectivity index (χ4n) is 4.09. The highest BCUT2D eigenvalue weighted by atomic mass is 32.2. The van der Waals surface area contributed by atoms with Crippen LogP contribution in [0.4, 0.5) is 5.82 Å². The standard InChI is InChI=1S/C22H30N6O2S/c1-4-10-19-23-21(26-13-9-14-27(16-15-26)31(29,30)5-2)20-17(3)25-28(22(20)24-19)18-11-7-6-8-12-18/h6-8,11-12H,4-5,9-10,13-16H2,1-3H3. The Bertz CT molecular complexity index is 1160. The van der Waals surface area contributed by atoms with Gasteiger partial charge >= 0.3 is 0 Å². The van der Waals surface area contributed by atoms with Crippen molar-refractivity contribution in [3.05, 3.63) is 41.9 Å². The molecule has 9 heteroatoms. The number of sulfonamides is 1. The summed E-state index contributed by atoms with van der Waals surface area (Å²) in [4.78, 5) is 12.0. The second-order valence-electron chi connectivity index (χ2n) is 7.89. The van der Waals surface area contributed by atoms with E-state index < -0.39 is 10.0 Å². The number of benzene rings is 1. The highest BCUT2D eigenvalue weighted by Gasteiger charge is 2.27. The number of para-hydroxylation sites is 1. The number of nitrogens with zero attached hydrogens (tertiary/aromatic N) is 6. The van der Waals surface area contributed by atoms with Crippen molar-refractivity contribution in [2.24, 2.45) is 0 Å². The molecule has 1 fully saturated rings. The first-order valence-electron chi connectivity index (χ1n) is 11.0. The summed E-state index contributed by atoms with van der Waals surface area (Å²) in [5.41, 5.74) is 2.64. The molecule has 3 aromatic rings.